The zero-order valence-corrected chi connectivity index (χ0v) is 33.4. The molecule has 4 aliphatic heterocycles. The molecule has 60 heavy (non-hydrogen) atoms. The van der Waals surface area contributed by atoms with Crippen molar-refractivity contribution in [2.24, 2.45) is 5.92 Å². The van der Waals surface area contributed by atoms with Crippen LogP contribution in [0.1, 0.15) is 84.7 Å². The summed E-state index contributed by atoms with van der Waals surface area (Å²) in [4.78, 5) is 60.3. The highest BCUT2D eigenvalue weighted by Crippen LogP contribution is 2.35. The quantitative estimate of drug-likeness (QED) is 0.173. The number of piperidine rings is 4. The van der Waals surface area contributed by atoms with Crippen molar-refractivity contribution in [2.75, 3.05) is 60.9 Å². The van der Waals surface area contributed by atoms with Crippen LogP contribution in [0.25, 0.3) is 16.6 Å². The molecule has 0 unspecified atom stereocenters. The second-order valence-corrected chi connectivity index (χ2v) is 16.4. The van der Waals surface area contributed by atoms with Crippen LogP contribution >= 0.6 is 0 Å². The minimum absolute atomic E-state index is 0.0314. The highest BCUT2D eigenvalue weighted by atomic mass is 19.1. The van der Waals surface area contributed by atoms with Crippen LogP contribution in [0.2, 0.25) is 0 Å². The summed E-state index contributed by atoms with van der Waals surface area (Å²) in [7, 11) is 0. The van der Waals surface area contributed by atoms with Crippen LogP contribution in [0.4, 0.5) is 21.5 Å². The number of nitrogens with zero attached hydrogens (tertiary/aromatic N) is 8. The number of hydrogen-bond donors (Lipinski definition) is 3. The Morgan fingerprint density at radius 1 is 0.850 bits per heavy atom. The van der Waals surface area contributed by atoms with Gasteiger partial charge in [0.2, 0.25) is 0 Å². The highest BCUT2D eigenvalue weighted by Gasteiger charge is 2.29. The van der Waals surface area contributed by atoms with Gasteiger partial charge in [-0.15, -0.1) is 0 Å². The minimum Gasteiger partial charge on any atom is -0.371 e. The third kappa shape index (κ3) is 8.14. The number of aromatic nitrogens is 5. The van der Waals surface area contributed by atoms with Crippen molar-refractivity contribution in [3.63, 3.8) is 0 Å². The van der Waals surface area contributed by atoms with Gasteiger partial charge in [0.1, 0.15) is 34.8 Å². The maximum absolute atomic E-state index is 15.3. The Balaban J connectivity index is 0.790. The van der Waals surface area contributed by atoms with Crippen LogP contribution in [-0.4, -0.2) is 105 Å². The molecule has 0 spiro atoms. The summed E-state index contributed by atoms with van der Waals surface area (Å²) in [6, 6.07) is 11.9. The van der Waals surface area contributed by atoms with Crippen molar-refractivity contribution in [1.29, 1.82) is 0 Å². The van der Waals surface area contributed by atoms with Gasteiger partial charge in [0.05, 0.1) is 40.7 Å². The molecule has 9 rings (SSSR count). The zero-order chi connectivity index (χ0) is 41.2. The Morgan fingerprint density at radius 3 is 2.43 bits per heavy atom. The molecule has 4 saturated heterocycles. The molecule has 1 atom stereocenters. The minimum atomic E-state index is -0.690. The number of amides is 2. The number of anilines is 3. The van der Waals surface area contributed by atoms with Crippen LogP contribution in [0, 0.1) is 11.7 Å². The molecule has 16 heteroatoms. The molecule has 5 aromatic rings. The maximum Gasteiger partial charge on any atom is 0.274 e. The van der Waals surface area contributed by atoms with Gasteiger partial charge < -0.3 is 30.7 Å². The van der Waals surface area contributed by atoms with Crippen LogP contribution in [-0.2, 0) is 9.59 Å². The van der Waals surface area contributed by atoms with Crippen LogP contribution < -0.4 is 25.8 Å². The van der Waals surface area contributed by atoms with E-state index in [1.807, 2.05) is 0 Å². The molecule has 7 heterocycles. The normalized spacial score (nSPS) is 19.6. The van der Waals surface area contributed by atoms with E-state index in [4.69, 9.17) is 5.10 Å². The second-order valence-electron chi connectivity index (χ2n) is 16.4. The van der Waals surface area contributed by atoms with Gasteiger partial charge in [-0.25, -0.2) is 23.5 Å². The summed E-state index contributed by atoms with van der Waals surface area (Å²) in [5.74, 6) is 2.51. The number of carbonyl (C=O) groups excluding carboxylic acids is 4. The predicted molar refractivity (Wildman–Crippen MR) is 225 cm³/mol. The van der Waals surface area contributed by atoms with Crippen molar-refractivity contribution in [3.05, 3.63) is 89.5 Å². The molecule has 0 saturated carbocycles. The summed E-state index contributed by atoms with van der Waals surface area (Å²) in [5, 5.41) is 18.9. The number of benzene rings is 2. The van der Waals surface area contributed by atoms with E-state index in [1.165, 1.54) is 18.6 Å². The average Bonchev–Trinajstić information content (AvgIpc) is 3.94. The largest absolute Gasteiger partial charge is 0.371 e. The zero-order valence-electron chi connectivity index (χ0n) is 33.4. The van der Waals surface area contributed by atoms with E-state index >= 15 is 4.39 Å². The lowest BCUT2D eigenvalue weighted by Gasteiger charge is -2.38. The van der Waals surface area contributed by atoms with E-state index in [0.717, 1.165) is 112 Å². The topological polar surface area (TPSA) is 162 Å². The molecule has 310 valence electrons. The fourth-order valence-electron chi connectivity index (χ4n) is 9.25. The number of likely N-dealkylation sites (tertiary alicyclic amines) is 1. The fraction of sp³-hybridized carbons (Fsp3) is 0.432. The van der Waals surface area contributed by atoms with Gasteiger partial charge in [0.15, 0.2) is 5.65 Å². The molecule has 4 fully saturated rings. The number of hydrogen-bond acceptors (Lipinski definition) is 11. The van der Waals surface area contributed by atoms with Crippen LogP contribution in [0.15, 0.2) is 72.4 Å². The molecule has 4 aliphatic rings. The second kappa shape index (κ2) is 17.1. The van der Waals surface area contributed by atoms with Crippen molar-refractivity contribution in [2.45, 2.75) is 69.9 Å². The molecule has 15 nitrogen and oxygen atoms in total. The molecule has 2 amide bonds. The molecule has 3 N–H and O–H groups in total. The lowest BCUT2D eigenvalue weighted by Crippen LogP contribution is -2.44. The summed E-state index contributed by atoms with van der Waals surface area (Å²) < 4.78 is 19.0. The number of allylic oxidation sites excluding steroid dienone is 1. The van der Waals surface area contributed by atoms with Gasteiger partial charge >= 0.3 is 0 Å². The Hall–Kier alpha value is -6.34. The first-order valence-corrected chi connectivity index (χ1v) is 21.0. The van der Waals surface area contributed by atoms with Gasteiger partial charge in [0.25, 0.3) is 11.8 Å². The third-order valence-electron chi connectivity index (χ3n) is 12.6. The average molecular weight is 814 g/mol. The molecule has 2 aromatic carbocycles. The van der Waals surface area contributed by atoms with Crippen molar-refractivity contribution in [3.8, 4) is 0 Å². The number of rotatable bonds is 9. The Bertz CT molecular complexity index is 2520. The van der Waals surface area contributed by atoms with Crippen molar-refractivity contribution >= 4 is 57.3 Å². The molecule has 0 bridgehead atoms. The lowest BCUT2D eigenvalue weighted by molar-refractivity contribution is 0.0934. The molecule has 0 aliphatic carbocycles. The molecular formula is C44H48FN11O4. The summed E-state index contributed by atoms with van der Waals surface area (Å²) in [5.41, 5.74) is 4.63. The van der Waals surface area contributed by atoms with Gasteiger partial charge in [0, 0.05) is 81.8 Å². The fourth-order valence-corrected chi connectivity index (χ4v) is 9.25. The summed E-state index contributed by atoms with van der Waals surface area (Å²) in [6.45, 7) is 6.47. The third-order valence-corrected chi connectivity index (χ3v) is 12.6. The monoisotopic (exact) mass is 813 g/mol. The first-order valence-electron chi connectivity index (χ1n) is 21.0. The first-order chi connectivity index (χ1) is 29.3. The van der Waals surface area contributed by atoms with Crippen molar-refractivity contribution in [1.82, 2.24) is 39.9 Å². The van der Waals surface area contributed by atoms with Gasteiger partial charge in [-0.2, -0.15) is 10.2 Å². The highest BCUT2D eigenvalue weighted by molar-refractivity contribution is 6.07. The van der Waals surface area contributed by atoms with E-state index in [9.17, 15) is 19.2 Å². The van der Waals surface area contributed by atoms with E-state index in [0.29, 0.717) is 30.1 Å². The van der Waals surface area contributed by atoms with Gasteiger partial charge in [-0.05, 0) is 93.7 Å². The van der Waals surface area contributed by atoms with Crippen molar-refractivity contribution < 1.29 is 23.6 Å². The SMILES string of the molecule is O=C=C1CC[C@H](NC(=O)c2ccc(N3CCC(CN4CCC(n5cc6cc(NC(=O)c7ccnc8ccnn78)c(N7CCCCC7)cc6n5)CC4)CC3)cc2F)C(=C=O)N1. The first kappa shape index (κ1) is 39.1. The van der Waals surface area contributed by atoms with Crippen LogP contribution in [0.5, 0.6) is 0 Å². The predicted octanol–water partition coefficient (Wildman–Crippen LogP) is 4.93. The Morgan fingerprint density at radius 2 is 1.67 bits per heavy atom. The van der Waals surface area contributed by atoms with Gasteiger partial charge in [-0.1, -0.05) is 0 Å². The van der Waals surface area contributed by atoms with Gasteiger partial charge in [-0.3, -0.25) is 14.3 Å². The lowest BCUT2D eigenvalue weighted by atomic mass is 9.94. The molecule has 3 aromatic heterocycles. The summed E-state index contributed by atoms with van der Waals surface area (Å²) >= 11 is 0. The van der Waals surface area contributed by atoms with E-state index in [1.54, 1.807) is 47.0 Å². The number of nitrogens with one attached hydrogen (secondary N) is 3. The molecule has 0 radical (unpaired) electrons. The number of carbonyl (C=O) groups is 2. The summed E-state index contributed by atoms with van der Waals surface area (Å²) in [6.07, 6.45) is 13.4. The Labute approximate surface area is 346 Å². The van der Waals surface area contributed by atoms with E-state index < -0.39 is 17.8 Å². The molecular weight excluding hydrogens is 766 g/mol. The number of fused-ring (bicyclic) bond motifs is 2. The maximum atomic E-state index is 15.3. The standard InChI is InChI=1S/C44H48FN11O4/c45-35-23-33(5-6-34(35)43(59)49-36-7-4-31(27-57)48-39(36)28-58)53-20-10-29(11-21-53)25-52-18-12-32(13-19-52)55-26-30-22-38(41(24-37(30)51-55)54-16-2-1-3-17-54)50-44(60)40-8-14-46-42-9-15-47-56(40)42/h5-6,8-9,14-15,22-24,26,29,32,36,48H,1-4,7,10-13,16-21,25H2,(H,49,59)(H,50,60)/t36-/m0/s1. The Kier molecular flexibility index (Phi) is 11.2. The van der Waals surface area contributed by atoms with E-state index in [-0.39, 0.29) is 28.9 Å². The smallest absolute Gasteiger partial charge is 0.274 e. The van der Waals surface area contributed by atoms with Crippen LogP contribution in [0.3, 0.4) is 0 Å². The number of halogens is 1. The van der Waals surface area contributed by atoms with E-state index in [2.05, 4.69) is 63.7 Å².